The molecule has 0 fully saturated rings. The summed E-state index contributed by atoms with van der Waals surface area (Å²) in [5.41, 5.74) is 0.560. The monoisotopic (exact) mass is 323 g/mol. The highest BCUT2D eigenvalue weighted by atomic mass is 35.5. The van der Waals surface area contributed by atoms with E-state index in [1.165, 1.54) is 32.4 Å². The Morgan fingerprint density at radius 2 is 1.82 bits per heavy atom. The summed E-state index contributed by atoms with van der Waals surface area (Å²) in [5, 5.41) is 3.04. The van der Waals surface area contributed by atoms with Crippen LogP contribution >= 0.6 is 11.6 Å². The topological polar surface area (TPSA) is 47.6 Å². The molecule has 0 radical (unpaired) electrons. The van der Waals surface area contributed by atoms with Gasteiger partial charge in [0.25, 0.3) is 5.91 Å². The van der Waals surface area contributed by atoms with Crippen LogP contribution in [-0.2, 0) is 6.54 Å². The number of carbonyl (C=O) groups is 1. The van der Waals surface area contributed by atoms with Crippen LogP contribution in [0.4, 0.5) is 4.39 Å². The van der Waals surface area contributed by atoms with Crippen LogP contribution in [0.5, 0.6) is 11.5 Å². The van der Waals surface area contributed by atoms with Crippen molar-refractivity contribution in [2.24, 2.45) is 0 Å². The van der Waals surface area contributed by atoms with Crippen LogP contribution in [0.25, 0.3) is 0 Å². The van der Waals surface area contributed by atoms with E-state index in [1.54, 1.807) is 18.2 Å². The number of hydrogen-bond acceptors (Lipinski definition) is 3. The number of nitrogens with one attached hydrogen (secondary N) is 1. The highest BCUT2D eigenvalue weighted by Crippen LogP contribution is 2.28. The van der Waals surface area contributed by atoms with Gasteiger partial charge < -0.3 is 14.8 Å². The molecule has 1 amide bonds. The van der Waals surface area contributed by atoms with Crippen molar-refractivity contribution < 1.29 is 18.7 Å². The van der Waals surface area contributed by atoms with Crippen LogP contribution in [0.1, 0.15) is 15.9 Å². The van der Waals surface area contributed by atoms with Crippen molar-refractivity contribution in [3.05, 3.63) is 58.4 Å². The van der Waals surface area contributed by atoms with Gasteiger partial charge in [-0.1, -0.05) is 17.7 Å². The third-order valence-electron chi connectivity index (χ3n) is 3.10. The molecule has 0 saturated carbocycles. The Balaban J connectivity index is 2.21. The first-order chi connectivity index (χ1) is 10.6. The molecule has 0 aromatic heterocycles. The fourth-order valence-electron chi connectivity index (χ4n) is 2.02. The van der Waals surface area contributed by atoms with Gasteiger partial charge in [0.05, 0.1) is 14.2 Å². The van der Waals surface area contributed by atoms with Crippen molar-refractivity contribution >= 4 is 17.5 Å². The summed E-state index contributed by atoms with van der Waals surface area (Å²) in [4.78, 5) is 12.3. The first-order valence-corrected chi connectivity index (χ1v) is 6.87. The number of hydrogen-bond donors (Lipinski definition) is 1. The van der Waals surface area contributed by atoms with Crippen LogP contribution in [0.2, 0.25) is 5.02 Å². The zero-order valence-corrected chi connectivity index (χ0v) is 12.9. The number of halogens is 2. The van der Waals surface area contributed by atoms with Crippen LogP contribution in [-0.4, -0.2) is 20.1 Å². The van der Waals surface area contributed by atoms with E-state index >= 15 is 0 Å². The summed E-state index contributed by atoms with van der Waals surface area (Å²) < 4.78 is 24.0. The van der Waals surface area contributed by atoms with Crippen LogP contribution in [0.15, 0.2) is 36.4 Å². The van der Waals surface area contributed by atoms with E-state index in [4.69, 9.17) is 21.1 Å². The number of ether oxygens (including phenoxy) is 2. The molecule has 0 bridgehead atoms. The van der Waals surface area contributed by atoms with Crippen LogP contribution in [0.3, 0.4) is 0 Å². The Morgan fingerprint density at radius 3 is 2.41 bits per heavy atom. The average molecular weight is 324 g/mol. The summed E-state index contributed by atoms with van der Waals surface area (Å²) in [6.45, 7) is 0.00638. The van der Waals surface area contributed by atoms with E-state index in [9.17, 15) is 9.18 Å². The maximum Gasteiger partial charge on any atom is 0.259 e. The molecule has 0 spiro atoms. The fourth-order valence-corrected chi connectivity index (χ4v) is 2.21. The second-order valence-corrected chi connectivity index (χ2v) is 4.89. The van der Waals surface area contributed by atoms with Crippen LogP contribution < -0.4 is 14.8 Å². The van der Waals surface area contributed by atoms with Gasteiger partial charge in [-0.2, -0.15) is 0 Å². The van der Waals surface area contributed by atoms with Gasteiger partial charge in [0.1, 0.15) is 22.9 Å². The predicted octanol–water partition coefficient (Wildman–Crippen LogP) is 3.43. The molecule has 1 N–H and O–H groups in total. The van der Waals surface area contributed by atoms with E-state index in [0.717, 1.165) is 0 Å². The summed E-state index contributed by atoms with van der Waals surface area (Å²) in [5.74, 6) is -0.0998. The van der Waals surface area contributed by atoms with Crippen LogP contribution in [0, 0.1) is 5.82 Å². The molecule has 0 aliphatic rings. The highest BCUT2D eigenvalue weighted by Gasteiger charge is 2.18. The van der Waals surface area contributed by atoms with Gasteiger partial charge in [-0.15, -0.1) is 0 Å². The molecule has 2 rings (SSSR count). The zero-order chi connectivity index (χ0) is 16.1. The molecule has 2 aromatic carbocycles. The lowest BCUT2D eigenvalue weighted by molar-refractivity contribution is 0.0944. The van der Waals surface area contributed by atoms with Gasteiger partial charge in [-0.05, 0) is 30.3 Å². The van der Waals surface area contributed by atoms with Gasteiger partial charge in [0.2, 0.25) is 0 Å². The van der Waals surface area contributed by atoms with E-state index in [2.05, 4.69) is 5.32 Å². The summed E-state index contributed by atoms with van der Waals surface area (Å²) in [6.07, 6.45) is 0. The molecular weight excluding hydrogens is 309 g/mol. The standard InChI is InChI=1S/C16H15ClFNO3/c1-21-13-4-3-5-14(22-2)15(13)16(20)19-9-10-8-11(17)6-7-12(10)18/h3-8H,9H2,1-2H3,(H,19,20). The van der Waals surface area contributed by atoms with E-state index in [1.807, 2.05) is 0 Å². The number of amides is 1. The fraction of sp³-hybridized carbons (Fsp3) is 0.188. The van der Waals surface area contributed by atoms with Gasteiger partial charge in [-0.25, -0.2) is 4.39 Å². The predicted molar refractivity (Wildman–Crippen MR) is 82.1 cm³/mol. The average Bonchev–Trinajstić information content (AvgIpc) is 2.54. The van der Waals surface area contributed by atoms with Gasteiger partial charge in [0.15, 0.2) is 0 Å². The van der Waals surface area contributed by atoms with Gasteiger partial charge >= 0.3 is 0 Å². The molecule has 0 atom stereocenters. The lowest BCUT2D eigenvalue weighted by Crippen LogP contribution is -2.24. The number of carbonyl (C=O) groups excluding carboxylic acids is 1. The molecule has 2 aromatic rings. The molecule has 0 aliphatic carbocycles. The molecule has 22 heavy (non-hydrogen) atoms. The van der Waals surface area contributed by atoms with Gasteiger partial charge in [-0.3, -0.25) is 4.79 Å². The molecule has 0 unspecified atom stereocenters. The van der Waals surface area contributed by atoms with Crippen molar-refractivity contribution in [1.82, 2.24) is 5.32 Å². The summed E-state index contributed by atoms with van der Waals surface area (Å²) in [7, 11) is 2.92. The Labute approximate surface area is 132 Å². The van der Waals surface area contributed by atoms with Crippen molar-refractivity contribution in [3.63, 3.8) is 0 Å². The molecule has 116 valence electrons. The zero-order valence-electron chi connectivity index (χ0n) is 12.2. The minimum atomic E-state index is -0.434. The lowest BCUT2D eigenvalue weighted by Gasteiger charge is -2.13. The molecule has 4 nitrogen and oxygen atoms in total. The number of rotatable bonds is 5. The first-order valence-electron chi connectivity index (χ1n) is 6.50. The minimum Gasteiger partial charge on any atom is -0.496 e. The Kier molecular flexibility index (Phi) is 5.22. The van der Waals surface area contributed by atoms with Gasteiger partial charge in [0, 0.05) is 17.1 Å². The number of methoxy groups -OCH3 is 2. The maximum atomic E-state index is 13.7. The molecular formula is C16H15ClFNO3. The van der Waals surface area contributed by atoms with Crippen molar-refractivity contribution in [2.45, 2.75) is 6.54 Å². The highest BCUT2D eigenvalue weighted by molar-refractivity contribution is 6.30. The third-order valence-corrected chi connectivity index (χ3v) is 3.34. The number of benzene rings is 2. The lowest BCUT2D eigenvalue weighted by atomic mass is 10.1. The van der Waals surface area contributed by atoms with Crippen molar-refractivity contribution in [1.29, 1.82) is 0 Å². The molecule has 6 heteroatoms. The quantitative estimate of drug-likeness (QED) is 0.917. The summed E-state index contributed by atoms with van der Waals surface area (Å²) in [6, 6.07) is 9.19. The van der Waals surface area contributed by atoms with Crippen molar-refractivity contribution in [3.8, 4) is 11.5 Å². The molecule has 0 aliphatic heterocycles. The van der Waals surface area contributed by atoms with E-state index in [0.29, 0.717) is 22.1 Å². The molecule has 0 heterocycles. The Hall–Kier alpha value is -2.27. The van der Waals surface area contributed by atoms with Crippen molar-refractivity contribution in [2.75, 3.05) is 14.2 Å². The SMILES string of the molecule is COc1cccc(OC)c1C(=O)NCc1cc(Cl)ccc1F. The minimum absolute atomic E-state index is 0.00638. The normalized spacial score (nSPS) is 10.2. The third kappa shape index (κ3) is 3.49. The Morgan fingerprint density at radius 1 is 1.18 bits per heavy atom. The first kappa shape index (κ1) is 16.1. The molecule has 0 saturated heterocycles. The second-order valence-electron chi connectivity index (χ2n) is 4.46. The maximum absolute atomic E-state index is 13.7. The van der Waals surface area contributed by atoms with E-state index < -0.39 is 11.7 Å². The summed E-state index contributed by atoms with van der Waals surface area (Å²) >= 11 is 5.83. The largest absolute Gasteiger partial charge is 0.496 e. The Bertz CT molecular complexity index is 669. The van der Waals surface area contributed by atoms with E-state index in [-0.39, 0.29) is 12.1 Å². The smallest absolute Gasteiger partial charge is 0.259 e. The second kappa shape index (κ2) is 7.13.